The van der Waals surface area contributed by atoms with Crippen LogP contribution in [0.4, 0.5) is 11.4 Å². The van der Waals surface area contributed by atoms with Gasteiger partial charge in [-0.15, -0.1) is 11.8 Å². The second kappa shape index (κ2) is 14.9. The molecule has 5 aromatic rings. The molecule has 8 heteroatoms. The molecular formula is C36H28ClN3O3S. The summed E-state index contributed by atoms with van der Waals surface area (Å²) in [5, 5.41) is 8.59. The SMILES string of the molecule is O=C(Nc1ccc(SC(C(=O)Nc2ccccc2)c2ccccc2)cc1)/C(=C/c1cccc(Cl)c1)NC(=O)c1ccccc1. The summed E-state index contributed by atoms with van der Waals surface area (Å²) in [6.45, 7) is 0. The normalized spacial score (nSPS) is 11.7. The first-order valence-electron chi connectivity index (χ1n) is 13.8. The minimum absolute atomic E-state index is 0.0568. The first-order valence-corrected chi connectivity index (χ1v) is 15.0. The second-order valence-electron chi connectivity index (χ2n) is 9.68. The van der Waals surface area contributed by atoms with Crippen molar-refractivity contribution >= 4 is 58.5 Å². The number of hydrogen-bond donors (Lipinski definition) is 3. The number of carbonyl (C=O) groups is 3. The molecule has 0 saturated heterocycles. The average molecular weight is 618 g/mol. The highest BCUT2D eigenvalue weighted by Crippen LogP contribution is 2.36. The van der Waals surface area contributed by atoms with E-state index in [-0.39, 0.29) is 11.6 Å². The van der Waals surface area contributed by atoms with Crippen molar-refractivity contribution in [2.45, 2.75) is 10.1 Å². The van der Waals surface area contributed by atoms with Crippen molar-refractivity contribution in [1.29, 1.82) is 0 Å². The number of hydrogen-bond acceptors (Lipinski definition) is 4. The van der Waals surface area contributed by atoms with E-state index >= 15 is 0 Å². The molecule has 3 amide bonds. The fraction of sp³-hybridized carbons (Fsp3) is 0.0278. The number of nitrogens with one attached hydrogen (secondary N) is 3. The summed E-state index contributed by atoms with van der Waals surface area (Å²) in [6, 6.07) is 41.7. The molecule has 44 heavy (non-hydrogen) atoms. The Balaban J connectivity index is 1.32. The third-order valence-corrected chi connectivity index (χ3v) is 7.94. The van der Waals surface area contributed by atoms with Crippen molar-refractivity contribution in [3.05, 3.63) is 167 Å². The van der Waals surface area contributed by atoms with Crippen molar-refractivity contribution < 1.29 is 14.4 Å². The molecule has 0 spiro atoms. The van der Waals surface area contributed by atoms with Crippen molar-refractivity contribution in [2.24, 2.45) is 0 Å². The maximum atomic E-state index is 13.4. The highest BCUT2D eigenvalue weighted by molar-refractivity contribution is 8.00. The van der Waals surface area contributed by atoms with Crippen molar-refractivity contribution in [3.8, 4) is 0 Å². The van der Waals surface area contributed by atoms with Crippen LogP contribution < -0.4 is 16.0 Å². The van der Waals surface area contributed by atoms with Crippen LogP contribution in [-0.4, -0.2) is 17.7 Å². The predicted molar refractivity (Wildman–Crippen MR) is 179 cm³/mol. The van der Waals surface area contributed by atoms with Crippen LogP contribution in [0, 0.1) is 0 Å². The van der Waals surface area contributed by atoms with Crippen LogP contribution in [0.5, 0.6) is 0 Å². The van der Waals surface area contributed by atoms with Gasteiger partial charge in [0.15, 0.2) is 0 Å². The number of anilines is 2. The van der Waals surface area contributed by atoms with Gasteiger partial charge in [0.25, 0.3) is 11.8 Å². The Bertz CT molecular complexity index is 1760. The lowest BCUT2D eigenvalue weighted by molar-refractivity contribution is -0.116. The van der Waals surface area contributed by atoms with Gasteiger partial charge in [-0.25, -0.2) is 0 Å². The standard InChI is InChI=1S/C36H28ClN3O3S/c37-28-16-10-11-25(23-28)24-32(40-34(41)27-14-6-2-7-15-27)35(42)38-30-19-21-31(22-20-30)44-33(26-12-4-1-5-13-26)36(43)39-29-17-8-3-9-18-29/h1-24,33H,(H,38,42)(H,39,43)(H,40,41)/b32-24-. The zero-order chi connectivity index (χ0) is 30.7. The number of halogens is 1. The van der Waals surface area contributed by atoms with Gasteiger partial charge in [0, 0.05) is 26.9 Å². The van der Waals surface area contributed by atoms with E-state index in [4.69, 9.17) is 11.6 Å². The summed E-state index contributed by atoms with van der Waals surface area (Å²) in [6.07, 6.45) is 1.57. The molecule has 0 aliphatic rings. The molecule has 0 aliphatic carbocycles. The smallest absolute Gasteiger partial charge is 0.272 e. The number of thioether (sulfide) groups is 1. The monoisotopic (exact) mass is 617 g/mol. The van der Waals surface area contributed by atoms with E-state index in [0.717, 1.165) is 16.1 Å². The van der Waals surface area contributed by atoms with Crippen molar-refractivity contribution in [1.82, 2.24) is 5.32 Å². The van der Waals surface area contributed by atoms with Gasteiger partial charge in [-0.1, -0.05) is 90.5 Å². The molecule has 0 aromatic heterocycles. The van der Waals surface area contributed by atoms with E-state index in [2.05, 4.69) is 16.0 Å². The van der Waals surface area contributed by atoms with Crippen molar-refractivity contribution in [2.75, 3.05) is 10.6 Å². The van der Waals surface area contributed by atoms with Crippen LogP contribution in [0.1, 0.15) is 26.7 Å². The second-order valence-corrected chi connectivity index (χ2v) is 11.3. The topological polar surface area (TPSA) is 87.3 Å². The molecule has 0 heterocycles. The fourth-order valence-electron chi connectivity index (χ4n) is 4.29. The van der Waals surface area contributed by atoms with Crippen LogP contribution >= 0.6 is 23.4 Å². The van der Waals surface area contributed by atoms with Crippen LogP contribution in [0.25, 0.3) is 6.08 Å². The summed E-state index contributed by atoms with van der Waals surface area (Å²) in [7, 11) is 0. The molecule has 6 nitrogen and oxygen atoms in total. The van der Waals surface area contributed by atoms with Gasteiger partial charge in [0.1, 0.15) is 10.9 Å². The summed E-state index contributed by atoms with van der Waals surface area (Å²) < 4.78 is 0. The average Bonchev–Trinajstić information content (AvgIpc) is 3.05. The quantitative estimate of drug-likeness (QED) is 0.109. The molecule has 0 bridgehead atoms. The van der Waals surface area contributed by atoms with Crippen molar-refractivity contribution in [3.63, 3.8) is 0 Å². The zero-order valence-corrected chi connectivity index (χ0v) is 25.0. The Hall–Kier alpha value is -5.11. The Morgan fingerprint density at radius 1 is 0.659 bits per heavy atom. The summed E-state index contributed by atoms with van der Waals surface area (Å²) in [5.74, 6) is -1.06. The minimum Gasteiger partial charge on any atom is -0.325 e. The summed E-state index contributed by atoms with van der Waals surface area (Å²) in [4.78, 5) is 40.5. The number of benzene rings is 5. The van der Waals surface area contributed by atoms with Gasteiger partial charge in [-0.2, -0.15) is 0 Å². The third kappa shape index (κ3) is 8.47. The van der Waals surface area contributed by atoms with Gasteiger partial charge in [0.05, 0.1) is 0 Å². The minimum atomic E-state index is -0.503. The van der Waals surface area contributed by atoms with Crippen LogP contribution in [0.15, 0.2) is 150 Å². The summed E-state index contributed by atoms with van der Waals surface area (Å²) in [5.41, 5.74) is 3.24. The Morgan fingerprint density at radius 3 is 1.93 bits per heavy atom. The molecule has 3 N–H and O–H groups in total. The summed E-state index contributed by atoms with van der Waals surface area (Å²) >= 11 is 7.55. The molecule has 218 valence electrons. The zero-order valence-electron chi connectivity index (χ0n) is 23.4. The molecule has 0 radical (unpaired) electrons. The maximum absolute atomic E-state index is 13.4. The van der Waals surface area contributed by atoms with E-state index < -0.39 is 17.1 Å². The first kappa shape index (κ1) is 30.4. The Morgan fingerprint density at radius 2 is 1.27 bits per heavy atom. The van der Waals surface area contributed by atoms with E-state index in [9.17, 15) is 14.4 Å². The third-order valence-electron chi connectivity index (χ3n) is 6.44. The highest BCUT2D eigenvalue weighted by atomic mass is 35.5. The van der Waals surface area contributed by atoms with Crippen LogP contribution in [0.2, 0.25) is 5.02 Å². The van der Waals surface area contributed by atoms with E-state index in [1.165, 1.54) is 11.8 Å². The molecule has 1 unspecified atom stereocenters. The lowest BCUT2D eigenvalue weighted by Crippen LogP contribution is -2.30. The number of para-hydroxylation sites is 1. The van der Waals surface area contributed by atoms with Gasteiger partial charge < -0.3 is 16.0 Å². The molecule has 0 saturated carbocycles. The number of amides is 3. The Kier molecular flexibility index (Phi) is 10.3. The van der Waals surface area contributed by atoms with Gasteiger partial charge in [-0.05, 0) is 77.9 Å². The first-order chi connectivity index (χ1) is 21.4. The molecule has 1 atom stereocenters. The van der Waals surface area contributed by atoms with E-state index in [1.807, 2.05) is 78.9 Å². The Labute approximate surface area is 265 Å². The lowest BCUT2D eigenvalue weighted by atomic mass is 10.1. The molecule has 5 rings (SSSR count). The predicted octanol–water partition coefficient (Wildman–Crippen LogP) is 8.22. The fourth-order valence-corrected chi connectivity index (χ4v) is 5.51. The van der Waals surface area contributed by atoms with E-state index in [0.29, 0.717) is 21.8 Å². The van der Waals surface area contributed by atoms with Gasteiger partial charge in [0.2, 0.25) is 5.91 Å². The van der Waals surface area contributed by atoms with E-state index in [1.54, 1.807) is 66.7 Å². The largest absolute Gasteiger partial charge is 0.325 e. The van der Waals surface area contributed by atoms with Gasteiger partial charge in [-0.3, -0.25) is 14.4 Å². The van der Waals surface area contributed by atoms with Gasteiger partial charge >= 0.3 is 0 Å². The molecular weight excluding hydrogens is 590 g/mol. The number of rotatable bonds is 10. The maximum Gasteiger partial charge on any atom is 0.272 e. The molecule has 0 fully saturated rings. The highest BCUT2D eigenvalue weighted by Gasteiger charge is 2.22. The molecule has 5 aromatic carbocycles. The number of carbonyl (C=O) groups excluding carboxylic acids is 3. The van der Waals surface area contributed by atoms with Crippen LogP contribution in [-0.2, 0) is 9.59 Å². The molecule has 0 aliphatic heterocycles. The lowest BCUT2D eigenvalue weighted by Gasteiger charge is -2.17. The van der Waals surface area contributed by atoms with Crippen LogP contribution in [0.3, 0.4) is 0 Å².